The van der Waals surface area contributed by atoms with Gasteiger partial charge in [0, 0.05) is 31.4 Å². The summed E-state index contributed by atoms with van der Waals surface area (Å²) in [6, 6.07) is 3.89. The molecule has 0 saturated carbocycles. The van der Waals surface area contributed by atoms with Crippen molar-refractivity contribution in [3.8, 4) is 5.88 Å². The van der Waals surface area contributed by atoms with Crippen LogP contribution in [-0.4, -0.2) is 54.7 Å². The first-order valence-corrected chi connectivity index (χ1v) is 9.96. The second kappa shape index (κ2) is 13.6. The fourth-order valence-corrected chi connectivity index (χ4v) is 3.08. The van der Waals surface area contributed by atoms with Crippen LogP contribution in [0.4, 0.5) is 0 Å². The lowest BCUT2D eigenvalue weighted by Gasteiger charge is -2.34. The third-order valence-electron chi connectivity index (χ3n) is 4.37. The number of aromatic nitrogens is 1. The molecule has 1 N–H and O–H groups in total. The molecule has 0 radical (unpaired) electrons. The summed E-state index contributed by atoms with van der Waals surface area (Å²) in [5, 5.41) is 3.34. The molecule has 0 aromatic carbocycles. The van der Waals surface area contributed by atoms with E-state index in [1.165, 1.54) is 0 Å². The molecule has 0 amide bonds. The van der Waals surface area contributed by atoms with Crippen molar-refractivity contribution in [3.63, 3.8) is 0 Å². The van der Waals surface area contributed by atoms with Gasteiger partial charge in [0.25, 0.3) is 0 Å². The van der Waals surface area contributed by atoms with Gasteiger partial charge in [-0.05, 0) is 39.2 Å². The lowest BCUT2D eigenvalue weighted by molar-refractivity contribution is -0.149. The highest BCUT2D eigenvalue weighted by atomic mass is 127. The second-order valence-electron chi connectivity index (χ2n) is 6.52. The minimum Gasteiger partial charge on any atom is -0.477 e. The summed E-state index contributed by atoms with van der Waals surface area (Å²) in [5.41, 5.74) is 0.959. The van der Waals surface area contributed by atoms with Crippen LogP contribution in [0.15, 0.2) is 23.3 Å². The van der Waals surface area contributed by atoms with Gasteiger partial charge in [-0.2, -0.15) is 0 Å². The summed E-state index contributed by atoms with van der Waals surface area (Å²) in [6.07, 6.45) is 4.49. The second-order valence-corrected chi connectivity index (χ2v) is 6.52. The van der Waals surface area contributed by atoms with Crippen molar-refractivity contribution in [1.29, 1.82) is 0 Å². The number of aliphatic imine (C=N–C) groups is 1. The van der Waals surface area contributed by atoms with Gasteiger partial charge < -0.3 is 19.7 Å². The Morgan fingerprint density at radius 3 is 2.93 bits per heavy atom. The molecule has 1 fully saturated rings. The third-order valence-corrected chi connectivity index (χ3v) is 4.37. The van der Waals surface area contributed by atoms with Crippen LogP contribution in [0.2, 0.25) is 0 Å². The Balaban J connectivity index is 0.00000392. The summed E-state index contributed by atoms with van der Waals surface area (Å²) < 4.78 is 10.9. The molecular formula is C20H33IN4O3. The number of likely N-dealkylation sites (tertiary alicyclic amines) is 1. The Morgan fingerprint density at radius 1 is 1.39 bits per heavy atom. The highest BCUT2D eigenvalue weighted by Gasteiger charge is 2.28. The number of hydrogen-bond donors (Lipinski definition) is 1. The predicted molar refractivity (Wildman–Crippen MR) is 121 cm³/mol. The van der Waals surface area contributed by atoms with E-state index < -0.39 is 0 Å². The van der Waals surface area contributed by atoms with Gasteiger partial charge in [0.2, 0.25) is 5.88 Å². The summed E-state index contributed by atoms with van der Waals surface area (Å²) in [6.45, 7) is 9.79. The molecule has 28 heavy (non-hydrogen) atoms. The van der Waals surface area contributed by atoms with E-state index in [-0.39, 0.29) is 35.9 Å². The molecule has 158 valence electrons. The van der Waals surface area contributed by atoms with Crippen molar-refractivity contribution in [2.45, 2.75) is 46.6 Å². The maximum atomic E-state index is 12.1. The van der Waals surface area contributed by atoms with Crippen molar-refractivity contribution in [3.05, 3.63) is 23.9 Å². The van der Waals surface area contributed by atoms with E-state index in [0.29, 0.717) is 32.2 Å². The molecule has 7 nitrogen and oxygen atoms in total. The Kier molecular flexibility index (Phi) is 11.9. The van der Waals surface area contributed by atoms with Crippen molar-refractivity contribution in [1.82, 2.24) is 15.2 Å². The Hall–Kier alpha value is -1.58. The van der Waals surface area contributed by atoms with Crippen LogP contribution in [0.1, 0.15) is 45.6 Å². The zero-order valence-electron chi connectivity index (χ0n) is 17.1. The molecule has 1 aliphatic rings. The van der Waals surface area contributed by atoms with Crippen molar-refractivity contribution in [2.24, 2.45) is 10.9 Å². The molecule has 2 rings (SSSR count). The number of nitrogens with one attached hydrogen (secondary N) is 1. The monoisotopic (exact) mass is 504 g/mol. The standard InChI is InChI=1S/C20H32N4O3.HI/c1-4-13-27-18-16(9-7-11-22-18)14-23-20(21-5-2)24-12-8-10-17(15-24)19(25)26-6-3;/h7,9,11,17H,4-6,8,10,12-15H2,1-3H3,(H,21,23);1H. The maximum Gasteiger partial charge on any atom is 0.310 e. The van der Waals surface area contributed by atoms with Crippen LogP contribution in [0.3, 0.4) is 0 Å². The molecule has 1 aromatic heterocycles. The third kappa shape index (κ3) is 7.44. The van der Waals surface area contributed by atoms with E-state index in [1.54, 1.807) is 6.20 Å². The van der Waals surface area contributed by atoms with Gasteiger partial charge in [0.05, 0.1) is 25.7 Å². The zero-order valence-corrected chi connectivity index (χ0v) is 19.5. The van der Waals surface area contributed by atoms with E-state index in [0.717, 1.165) is 43.9 Å². The largest absolute Gasteiger partial charge is 0.477 e. The molecule has 1 aliphatic heterocycles. The fraction of sp³-hybridized carbons (Fsp3) is 0.650. The van der Waals surface area contributed by atoms with Crippen molar-refractivity contribution < 1.29 is 14.3 Å². The number of rotatable bonds is 8. The Bertz CT molecular complexity index is 627. The molecule has 0 bridgehead atoms. The van der Waals surface area contributed by atoms with Gasteiger partial charge in [-0.1, -0.05) is 13.0 Å². The molecule has 0 aliphatic carbocycles. The Labute approximate surface area is 185 Å². The Morgan fingerprint density at radius 2 is 2.21 bits per heavy atom. The molecular weight excluding hydrogens is 471 g/mol. The zero-order chi connectivity index (χ0) is 19.5. The maximum absolute atomic E-state index is 12.1. The average molecular weight is 504 g/mol. The number of carbonyl (C=O) groups excluding carboxylic acids is 1. The lowest BCUT2D eigenvalue weighted by Crippen LogP contribution is -2.48. The number of guanidine groups is 1. The van der Waals surface area contributed by atoms with Gasteiger partial charge in [0.15, 0.2) is 5.96 Å². The summed E-state index contributed by atoms with van der Waals surface area (Å²) in [7, 11) is 0. The first-order chi connectivity index (χ1) is 13.2. The number of carbonyl (C=O) groups is 1. The average Bonchev–Trinajstić information content (AvgIpc) is 2.70. The highest BCUT2D eigenvalue weighted by molar-refractivity contribution is 14.0. The van der Waals surface area contributed by atoms with E-state index in [2.05, 4.69) is 22.1 Å². The summed E-state index contributed by atoms with van der Waals surface area (Å²) in [5.74, 6) is 1.25. The number of halogens is 1. The molecule has 8 heteroatoms. The molecule has 2 heterocycles. The number of ether oxygens (including phenoxy) is 2. The molecule has 1 atom stereocenters. The first kappa shape index (κ1) is 24.5. The number of hydrogen-bond acceptors (Lipinski definition) is 5. The highest BCUT2D eigenvalue weighted by Crippen LogP contribution is 2.19. The van der Waals surface area contributed by atoms with Crippen LogP contribution in [0, 0.1) is 5.92 Å². The molecule has 0 spiro atoms. The normalized spacial score (nSPS) is 16.9. The SMILES string of the molecule is CCCOc1ncccc1CN=C(NCC)N1CCCC(C(=O)OCC)C1.I. The molecule has 1 aromatic rings. The van der Waals surface area contributed by atoms with Gasteiger partial charge >= 0.3 is 5.97 Å². The van der Waals surface area contributed by atoms with Gasteiger partial charge in [0.1, 0.15) is 0 Å². The lowest BCUT2D eigenvalue weighted by atomic mass is 9.98. The van der Waals surface area contributed by atoms with Gasteiger partial charge in [-0.15, -0.1) is 24.0 Å². The van der Waals surface area contributed by atoms with Crippen molar-refractivity contribution in [2.75, 3.05) is 32.8 Å². The van der Waals surface area contributed by atoms with E-state index in [9.17, 15) is 4.79 Å². The van der Waals surface area contributed by atoms with Crippen LogP contribution in [0.5, 0.6) is 5.88 Å². The molecule has 1 unspecified atom stereocenters. The topological polar surface area (TPSA) is 76.1 Å². The van der Waals surface area contributed by atoms with E-state index in [1.807, 2.05) is 26.0 Å². The summed E-state index contributed by atoms with van der Waals surface area (Å²) >= 11 is 0. The minimum absolute atomic E-state index is 0. The minimum atomic E-state index is -0.111. The van der Waals surface area contributed by atoms with Crippen LogP contribution in [0.25, 0.3) is 0 Å². The van der Waals surface area contributed by atoms with E-state index >= 15 is 0 Å². The quantitative estimate of drug-likeness (QED) is 0.254. The number of nitrogens with zero attached hydrogens (tertiary/aromatic N) is 3. The fourth-order valence-electron chi connectivity index (χ4n) is 3.08. The number of piperidine rings is 1. The van der Waals surface area contributed by atoms with Crippen LogP contribution in [-0.2, 0) is 16.1 Å². The smallest absolute Gasteiger partial charge is 0.310 e. The van der Waals surface area contributed by atoms with Gasteiger partial charge in [-0.3, -0.25) is 4.79 Å². The van der Waals surface area contributed by atoms with Gasteiger partial charge in [-0.25, -0.2) is 9.98 Å². The molecule has 1 saturated heterocycles. The van der Waals surface area contributed by atoms with Crippen LogP contribution < -0.4 is 10.1 Å². The van der Waals surface area contributed by atoms with Crippen molar-refractivity contribution >= 4 is 35.9 Å². The van der Waals surface area contributed by atoms with E-state index in [4.69, 9.17) is 14.5 Å². The predicted octanol–water partition coefficient (Wildman–Crippen LogP) is 3.23. The summed E-state index contributed by atoms with van der Waals surface area (Å²) in [4.78, 5) is 23.4. The first-order valence-electron chi connectivity index (χ1n) is 9.96. The number of esters is 1. The number of pyridine rings is 1. The van der Waals surface area contributed by atoms with Crippen LogP contribution >= 0.6 is 24.0 Å².